The van der Waals surface area contributed by atoms with Crippen LogP contribution >= 0.6 is 0 Å². The molecule has 1 aromatic carbocycles. The Kier molecular flexibility index (Phi) is 6.73. The fraction of sp³-hybridized carbons (Fsp3) is 0.545. The lowest BCUT2D eigenvalue weighted by Crippen LogP contribution is -2.48. The van der Waals surface area contributed by atoms with Crippen molar-refractivity contribution in [1.82, 2.24) is 20.4 Å². The monoisotopic (exact) mass is 383 g/mol. The fourth-order valence-electron chi connectivity index (χ4n) is 3.99. The summed E-state index contributed by atoms with van der Waals surface area (Å²) in [6, 6.07) is 10.8. The molecule has 1 aliphatic carbocycles. The van der Waals surface area contributed by atoms with Gasteiger partial charge in [-0.1, -0.05) is 36.8 Å². The predicted octanol–water partition coefficient (Wildman–Crippen LogP) is 2.93. The average Bonchev–Trinajstić information content (AvgIpc) is 2.95. The molecule has 1 saturated carbocycles. The van der Waals surface area contributed by atoms with Crippen LogP contribution in [0.4, 0.5) is 0 Å². The van der Waals surface area contributed by atoms with Gasteiger partial charge in [-0.05, 0) is 32.3 Å². The second-order valence-electron chi connectivity index (χ2n) is 7.64. The minimum atomic E-state index is 0.232. The van der Waals surface area contributed by atoms with Crippen molar-refractivity contribution >= 4 is 5.96 Å². The van der Waals surface area contributed by atoms with Crippen molar-refractivity contribution < 1.29 is 4.74 Å². The van der Waals surface area contributed by atoms with Gasteiger partial charge in [0.25, 0.3) is 0 Å². The van der Waals surface area contributed by atoms with E-state index in [0.717, 1.165) is 24.7 Å². The van der Waals surface area contributed by atoms with Gasteiger partial charge in [0.15, 0.2) is 5.96 Å². The van der Waals surface area contributed by atoms with E-state index < -0.39 is 0 Å². The standard InChI is InChI=1S/C22H33N5O/c1-17-20(18(2)27(26-17)13-14-28-4)15-24-21(23-3)25-16-22(11-8-12-22)19-9-6-5-7-10-19/h5-7,9-10H,8,11-16H2,1-4H3,(H2,23,24,25). The highest BCUT2D eigenvalue weighted by atomic mass is 16.5. The third-order valence-corrected chi connectivity index (χ3v) is 5.99. The van der Waals surface area contributed by atoms with Gasteiger partial charge < -0.3 is 15.4 Å². The summed E-state index contributed by atoms with van der Waals surface area (Å²) in [5, 5.41) is 11.7. The van der Waals surface area contributed by atoms with Crippen LogP contribution in [0.2, 0.25) is 0 Å². The number of aromatic nitrogens is 2. The smallest absolute Gasteiger partial charge is 0.191 e. The van der Waals surface area contributed by atoms with Crippen molar-refractivity contribution in [2.75, 3.05) is 27.3 Å². The molecule has 2 aromatic rings. The van der Waals surface area contributed by atoms with Crippen LogP contribution in [0, 0.1) is 13.8 Å². The number of ether oxygens (including phenoxy) is 1. The molecule has 0 bridgehead atoms. The average molecular weight is 384 g/mol. The van der Waals surface area contributed by atoms with Crippen LogP contribution < -0.4 is 10.6 Å². The van der Waals surface area contributed by atoms with Crippen molar-refractivity contribution in [3.05, 3.63) is 52.8 Å². The Balaban J connectivity index is 1.59. The largest absolute Gasteiger partial charge is 0.383 e. The zero-order valence-electron chi connectivity index (χ0n) is 17.6. The molecule has 6 heteroatoms. The number of aryl methyl sites for hydroxylation is 1. The summed E-state index contributed by atoms with van der Waals surface area (Å²) in [7, 11) is 3.54. The molecule has 6 nitrogen and oxygen atoms in total. The highest BCUT2D eigenvalue weighted by Gasteiger charge is 2.38. The summed E-state index contributed by atoms with van der Waals surface area (Å²) in [6.07, 6.45) is 3.75. The lowest BCUT2D eigenvalue weighted by molar-refractivity contribution is 0.182. The molecular weight excluding hydrogens is 350 g/mol. The quantitative estimate of drug-likeness (QED) is 0.543. The van der Waals surface area contributed by atoms with Gasteiger partial charge in [-0.15, -0.1) is 0 Å². The van der Waals surface area contributed by atoms with E-state index in [1.807, 2.05) is 11.7 Å². The Morgan fingerprint density at radius 2 is 1.96 bits per heavy atom. The molecule has 0 aliphatic heterocycles. The zero-order valence-corrected chi connectivity index (χ0v) is 17.6. The van der Waals surface area contributed by atoms with Crippen LogP contribution in [0.15, 0.2) is 35.3 Å². The summed E-state index contributed by atoms with van der Waals surface area (Å²) in [6.45, 7) is 7.23. The normalized spacial score (nSPS) is 15.9. The van der Waals surface area contributed by atoms with Gasteiger partial charge in [0, 0.05) is 43.9 Å². The Morgan fingerprint density at radius 3 is 2.57 bits per heavy atom. The van der Waals surface area contributed by atoms with Gasteiger partial charge in [0.05, 0.1) is 18.8 Å². The van der Waals surface area contributed by atoms with Crippen LogP contribution in [-0.2, 0) is 23.2 Å². The molecule has 0 saturated heterocycles. The van der Waals surface area contributed by atoms with E-state index in [9.17, 15) is 0 Å². The molecule has 0 atom stereocenters. The Hall–Kier alpha value is -2.34. The van der Waals surface area contributed by atoms with Crippen molar-refractivity contribution in [3.8, 4) is 0 Å². The van der Waals surface area contributed by atoms with Gasteiger partial charge >= 0.3 is 0 Å². The predicted molar refractivity (Wildman–Crippen MR) is 114 cm³/mol. The molecule has 1 heterocycles. The molecule has 2 N–H and O–H groups in total. The summed E-state index contributed by atoms with van der Waals surface area (Å²) in [5.74, 6) is 0.839. The molecule has 28 heavy (non-hydrogen) atoms. The number of benzene rings is 1. The highest BCUT2D eigenvalue weighted by Crippen LogP contribution is 2.43. The van der Waals surface area contributed by atoms with Crippen LogP contribution in [0.25, 0.3) is 0 Å². The van der Waals surface area contributed by atoms with Crippen molar-refractivity contribution in [1.29, 1.82) is 0 Å². The molecule has 1 fully saturated rings. The maximum absolute atomic E-state index is 5.18. The first kappa shape index (κ1) is 20.4. The third kappa shape index (κ3) is 4.38. The molecule has 0 spiro atoms. The van der Waals surface area contributed by atoms with Crippen LogP contribution in [0.5, 0.6) is 0 Å². The van der Waals surface area contributed by atoms with Gasteiger partial charge in [-0.3, -0.25) is 9.67 Å². The Bertz CT molecular complexity index is 793. The minimum absolute atomic E-state index is 0.232. The summed E-state index contributed by atoms with van der Waals surface area (Å²) < 4.78 is 7.19. The number of hydrogen-bond acceptors (Lipinski definition) is 3. The SMILES string of the molecule is CN=C(NCc1c(C)nn(CCOC)c1C)NCC1(c2ccccc2)CCC1. The van der Waals surface area contributed by atoms with Crippen LogP contribution in [0.1, 0.15) is 41.8 Å². The molecule has 1 aliphatic rings. The Morgan fingerprint density at radius 1 is 1.21 bits per heavy atom. The van der Waals surface area contributed by atoms with E-state index in [-0.39, 0.29) is 5.41 Å². The van der Waals surface area contributed by atoms with Crippen molar-refractivity contribution in [2.24, 2.45) is 4.99 Å². The molecule has 1 aromatic heterocycles. The van der Waals surface area contributed by atoms with Crippen LogP contribution in [0.3, 0.4) is 0 Å². The second kappa shape index (κ2) is 9.24. The fourth-order valence-corrected chi connectivity index (χ4v) is 3.99. The van der Waals surface area contributed by atoms with Crippen LogP contribution in [-0.4, -0.2) is 43.0 Å². The number of nitrogens with zero attached hydrogens (tertiary/aromatic N) is 3. The first-order chi connectivity index (χ1) is 13.6. The van der Waals surface area contributed by atoms with Crippen molar-refractivity contribution in [2.45, 2.75) is 51.6 Å². The van der Waals surface area contributed by atoms with E-state index in [2.05, 4.69) is 64.9 Å². The van der Waals surface area contributed by atoms with E-state index in [1.54, 1.807) is 7.11 Å². The highest BCUT2D eigenvalue weighted by molar-refractivity contribution is 5.79. The lowest BCUT2D eigenvalue weighted by Gasteiger charge is -2.43. The number of nitrogens with one attached hydrogen (secondary N) is 2. The zero-order chi connectivity index (χ0) is 20.0. The molecule has 0 radical (unpaired) electrons. The van der Waals surface area contributed by atoms with E-state index in [0.29, 0.717) is 13.2 Å². The van der Waals surface area contributed by atoms with Gasteiger partial charge in [0.1, 0.15) is 0 Å². The minimum Gasteiger partial charge on any atom is -0.383 e. The van der Waals surface area contributed by atoms with Gasteiger partial charge in [-0.25, -0.2) is 0 Å². The van der Waals surface area contributed by atoms with E-state index >= 15 is 0 Å². The Labute approximate surface area is 168 Å². The van der Waals surface area contributed by atoms with E-state index in [4.69, 9.17) is 4.74 Å². The van der Waals surface area contributed by atoms with Gasteiger partial charge in [0.2, 0.25) is 0 Å². The third-order valence-electron chi connectivity index (χ3n) is 5.99. The lowest BCUT2D eigenvalue weighted by atomic mass is 9.64. The summed E-state index contributed by atoms with van der Waals surface area (Å²) in [5.41, 5.74) is 5.11. The number of aliphatic imine (C=N–C) groups is 1. The topological polar surface area (TPSA) is 63.5 Å². The molecular formula is C22H33N5O. The van der Waals surface area contributed by atoms with Gasteiger partial charge in [-0.2, -0.15) is 5.10 Å². The first-order valence-electron chi connectivity index (χ1n) is 10.1. The second-order valence-corrected chi connectivity index (χ2v) is 7.64. The maximum Gasteiger partial charge on any atom is 0.191 e. The molecule has 152 valence electrons. The maximum atomic E-state index is 5.18. The summed E-state index contributed by atoms with van der Waals surface area (Å²) >= 11 is 0. The number of rotatable bonds is 8. The molecule has 0 unspecified atom stereocenters. The molecule has 0 amide bonds. The number of hydrogen-bond donors (Lipinski definition) is 2. The first-order valence-corrected chi connectivity index (χ1v) is 10.1. The molecule has 3 rings (SSSR count). The number of guanidine groups is 1. The van der Waals surface area contributed by atoms with E-state index in [1.165, 1.54) is 36.1 Å². The number of methoxy groups -OCH3 is 1. The van der Waals surface area contributed by atoms with Crippen molar-refractivity contribution in [3.63, 3.8) is 0 Å². The summed E-state index contributed by atoms with van der Waals surface area (Å²) in [4.78, 5) is 4.42.